The molecule has 27 heavy (non-hydrogen) atoms. The molecule has 1 fully saturated rings. The van der Waals surface area contributed by atoms with Crippen LogP contribution in [0.2, 0.25) is 0 Å². The van der Waals surface area contributed by atoms with E-state index < -0.39 is 0 Å². The van der Waals surface area contributed by atoms with Gasteiger partial charge in [-0.25, -0.2) is 0 Å². The summed E-state index contributed by atoms with van der Waals surface area (Å²) < 4.78 is 1.36. The van der Waals surface area contributed by atoms with E-state index in [1.54, 1.807) is 0 Å². The zero-order chi connectivity index (χ0) is 18.6. The summed E-state index contributed by atoms with van der Waals surface area (Å²) >= 11 is 1.82. The van der Waals surface area contributed by atoms with E-state index in [1.165, 1.54) is 15.6 Å². The third-order valence-electron chi connectivity index (χ3n) is 5.21. The Labute approximate surface area is 164 Å². The van der Waals surface area contributed by atoms with E-state index in [4.69, 9.17) is 0 Å². The van der Waals surface area contributed by atoms with Gasteiger partial charge < -0.3 is 5.32 Å². The Morgan fingerprint density at radius 2 is 1.70 bits per heavy atom. The summed E-state index contributed by atoms with van der Waals surface area (Å²) in [5.41, 5.74) is 3.42. The first-order valence-electron chi connectivity index (χ1n) is 9.44. The Bertz CT molecular complexity index is 928. The Balaban J connectivity index is 1.27. The molecule has 0 saturated carbocycles. The first-order chi connectivity index (χ1) is 13.2. The summed E-state index contributed by atoms with van der Waals surface area (Å²) in [5.74, 6) is 0.0709. The second-order valence-electron chi connectivity index (χ2n) is 7.17. The summed E-state index contributed by atoms with van der Waals surface area (Å²) in [6.07, 6.45) is 0. The number of para-hydroxylation sites is 1. The standard InChI is InChI=1S/C22H25N3OS/c1-17-6-2-4-8-20(17)23-22(26)15-25-12-10-24(11-13-25)14-18-16-27-21-9-5-3-7-19(18)21/h2-9,16H,10-15H2,1H3,(H,23,26). The van der Waals surface area contributed by atoms with Crippen molar-refractivity contribution >= 4 is 33.0 Å². The number of hydrogen-bond acceptors (Lipinski definition) is 4. The quantitative estimate of drug-likeness (QED) is 0.729. The number of piperazine rings is 1. The lowest BCUT2D eigenvalue weighted by Crippen LogP contribution is -2.48. The molecule has 2 heterocycles. The molecule has 1 amide bonds. The zero-order valence-electron chi connectivity index (χ0n) is 15.6. The topological polar surface area (TPSA) is 35.6 Å². The van der Waals surface area contributed by atoms with Gasteiger partial charge in [-0.15, -0.1) is 11.3 Å². The van der Waals surface area contributed by atoms with Gasteiger partial charge in [0.05, 0.1) is 6.54 Å². The number of aryl methyl sites for hydroxylation is 1. The number of anilines is 1. The molecule has 4 rings (SSSR count). The second-order valence-corrected chi connectivity index (χ2v) is 8.08. The van der Waals surface area contributed by atoms with Gasteiger partial charge >= 0.3 is 0 Å². The minimum atomic E-state index is 0.0709. The highest BCUT2D eigenvalue weighted by molar-refractivity contribution is 7.17. The molecule has 1 aliphatic heterocycles. The van der Waals surface area contributed by atoms with Gasteiger partial charge in [-0.1, -0.05) is 36.4 Å². The van der Waals surface area contributed by atoms with Crippen molar-refractivity contribution in [3.8, 4) is 0 Å². The fourth-order valence-electron chi connectivity index (χ4n) is 3.61. The van der Waals surface area contributed by atoms with E-state index in [1.807, 2.05) is 42.5 Å². The fourth-order valence-corrected chi connectivity index (χ4v) is 4.56. The van der Waals surface area contributed by atoms with Crippen LogP contribution in [0.15, 0.2) is 53.9 Å². The van der Waals surface area contributed by atoms with E-state index in [2.05, 4.69) is 44.8 Å². The molecule has 0 bridgehead atoms. The van der Waals surface area contributed by atoms with Crippen LogP contribution >= 0.6 is 11.3 Å². The highest BCUT2D eigenvalue weighted by Crippen LogP contribution is 2.26. The summed E-state index contributed by atoms with van der Waals surface area (Å²) in [7, 11) is 0. The molecular formula is C22H25N3OS. The highest BCUT2D eigenvalue weighted by atomic mass is 32.1. The zero-order valence-corrected chi connectivity index (χ0v) is 16.5. The van der Waals surface area contributed by atoms with E-state index in [0.717, 1.165) is 44.0 Å². The molecule has 5 heteroatoms. The van der Waals surface area contributed by atoms with Crippen LogP contribution in [0.1, 0.15) is 11.1 Å². The van der Waals surface area contributed by atoms with Crippen molar-refractivity contribution in [3.63, 3.8) is 0 Å². The van der Waals surface area contributed by atoms with Gasteiger partial charge in [0, 0.05) is 43.1 Å². The average Bonchev–Trinajstić information content (AvgIpc) is 3.08. The third-order valence-corrected chi connectivity index (χ3v) is 6.22. The SMILES string of the molecule is Cc1ccccc1NC(=O)CN1CCN(Cc2csc3ccccc23)CC1. The molecule has 2 aromatic carbocycles. The molecule has 0 radical (unpaired) electrons. The van der Waals surface area contributed by atoms with E-state index in [-0.39, 0.29) is 5.91 Å². The summed E-state index contributed by atoms with van der Waals surface area (Å²) in [6.45, 7) is 7.34. The number of benzene rings is 2. The molecule has 1 N–H and O–H groups in total. The van der Waals surface area contributed by atoms with Gasteiger partial charge in [-0.05, 0) is 40.9 Å². The molecule has 0 atom stereocenters. The van der Waals surface area contributed by atoms with Crippen LogP contribution in [0.25, 0.3) is 10.1 Å². The summed E-state index contributed by atoms with van der Waals surface area (Å²) in [4.78, 5) is 17.1. The van der Waals surface area contributed by atoms with Crippen LogP contribution in [-0.2, 0) is 11.3 Å². The Morgan fingerprint density at radius 3 is 2.52 bits per heavy atom. The normalized spacial score (nSPS) is 15.9. The van der Waals surface area contributed by atoms with Gasteiger partial charge in [0.1, 0.15) is 0 Å². The van der Waals surface area contributed by atoms with Crippen LogP contribution < -0.4 is 5.32 Å². The fraction of sp³-hybridized carbons (Fsp3) is 0.318. The maximum Gasteiger partial charge on any atom is 0.238 e. The first kappa shape index (κ1) is 18.2. The number of carbonyl (C=O) groups excluding carboxylic acids is 1. The van der Waals surface area contributed by atoms with Gasteiger partial charge in [0.15, 0.2) is 0 Å². The lowest BCUT2D eigenvalue weighted by Gasteiger charge is -2.34. The van der Waals surface area contributed by atoms with Crippen molar-refractivity contribution in [2.75, 3.05) is 38.0 Å². The van der Waals surface area contributed by atoms with Crippen molar-refractivity contribution in [3.05, 3.63) is 65.0 Å². The van der Waals surface area contributed by atoms with Crippen LogP contribution in [0.4, 0.5) is 5.69 Å². The minimum absolute atomic E-state index is 0.0709. The Morgan fingerprint density at radius 1 is 1.00 bits per heavy atom. The van der Waals surface area contributed by atoms with Crippen molar-refractivity contribution in [1.29, 1.82) is 0 Å². The van der Waals surface area contributed by atoms with Gasteiger partial charge in [-0.2, -0.15) is 0 Å². The maximum atomic E-state index is 12.4. The lowest BCUT2D eigenvalue weighted by molar-refractivity contribution is -0.117. The average molecular weight is 380 g/mol. The van der Waals surface area contributed by atoms with Crippen molar-refractivity contribution < 1.29 is 4.79 Å². The molecule has 0 aliphatic carbocycles. The molecule has 1 aliphatic rings. The number of nitrogens with one attached hydrogen (secondary N) is 1. The number of rotatable bonds is 5. The monoisotopic (exact) mass is 379 g/mol. The molecule has 1 saturated heterocycles. The molecule has 0 spiro atoms. The lowest BCUT2D eigenvalue weighted by atomic mass is 10.1. The molecule has 3 aromatic rings. The largest absolute Gasteiger partial charge is 0.325 e. The van der Waals surface area contributed by atoms with E-state index in [0.29, 0.717) is 6.54 Å². The van der Waals surface area contributed by atoms with Crippen LogP contribution in [0.5, 0.6) is 0 Å². The predicted octanol–water partition coefficient (Wildman–Crippen LogP) is 3.97. The molecular weight excluding hydrogens is 354 g/mol. The Hall–Kier alpha value is -2.21. The second kappa shape index (κ2) is 8.21. The van der Waals surface area contributed by atoms with Crippen molar-refractivity contribution in [2.45, 2.75) is 13.5 Å². The van der Waals surface area contributed by atoms with Crippen molar-refractivity contribution in [1.82, 2.24) is 9.80 Å². The first-order valence-corrected chi connectivity index (χ1v) is 10.3. The molecule has 1 aromatic heterocycles. The van der Waals surface area contributed by atoms with Gasteiger partial charge in [-0.3, -0.25) is 14.6 Å². The van der Waals surface area contributed by atoms with Gasteiger partial charge in [0.2, 0.25) is 5.91 Å². The number of amides is 1. The van der Waals surface area contributed by atoms with E-state index >= 15 is 0 Å². The maximum absolute atomic E-state index is 12.4. The number of hydrogen-bond donors (Lipinski definition) is 1. The van der Waals surface area contributed by atoms with Crippen molar-refractivity contribution in [2.24, 2.45) is 0 Å². The predicted molar refractivity (Wildman–Crippen MR) is 113 cm³/mol. The smallest absolute Gasteiger partial charge is 0.238 e. The molecule has 140 valence electrons. The number of nitrogens with zero attached hydrogens (tertiary/aromatic N) is 2. The van der Waals surface area contributed by atoms with Crippen LogP contribution in [0.3, 0.4) is 0 Å². The highest BCUT2D eigenvalue weighted by Gasteiger charge is 2.20. The summed E-state index contributed by atoms with van der Waals surface area (Å²) in [5, 5.41) is 6.69. The number of fused-ring (bicyclic) bond motifs is 1. The number of carbonyl (C=O) groups is 1. The van der Waals surface area contributed by atoms with E-state index in [9.17, 15) is 4.79 Å². The van der Waals surface area contributed by atoms with Crippen LogP contribution in [0, 0.1) is 6.92 Å². The third kappa shape index (κ3) is 4.38. The molecule has 0 unspecified atom stereocenters. The van der Waals surface area contributed by atoms with Gasteiger partial charge in [0.25, 0.3) is 0 Å². The minimum Gasteiger partial charge on any atom is -0.325 e. The summed E-state index contributed by atoms with van der Waals surface area (Å²) in [6, 6.07) is 16.5. The Kier molecular flexibility index (Phi) is 5.53. The molecule has 4 nitrogen and oxygen atoms in total. The van der Waals surface area contributed by atoms with Crippen LogP contribution in [-0.4, -0.2) is 48.4 Å². The number of thiophene rings is 1.